The molecule has 1 fully saturated rings. The first-order valence-corrected chi connectivity index (χ1v) is 8.01. The minimum absolute atomic E-state index is 0.680. The number of para-hydroxylation sites is 1. The van der Waals surface area contributed by atoms with Gasteiger partial charge in [0.15, 0.2) is 0 Å². The highest BCUT2D eigenvalue weighted by Gasteiger charge is 2.23. The van der Waals surface area contributed by atoms with E-state index >= 15 is 0 Å². The molecule has 21 heavy (non-hydrogen) atoms. The van der Waals surface area contributed by atoms with Crippen LogP contribution in [0.5, 0.6) is 0 Å². The summed E-state index contributed by atoms with van der Waals surface area (Å²) in [6, 6.07) is 11.2. The van der Waals surface area contributed by atoms with E-state index in [4.69, 9.17) is 0 Å². The summed E-state index contributed by atoms with van der Waals surface area (Å²) in [5.74, 6) is 0.792. The number of hydrogen-bond donors (Lipinski definition) is 1. The number of aromatic nitrogens is 1. The Balaban J connectivity index is 1.56. The normalized spacial score (nSPS) is 19.7. The molecule has 0 saturated carbocycles. The first-order valence-electron chi connectivity index (χ1n) is 8.01. The van der Waals surface area contributed by atoms with Crippen molar-refractivity contribution in [3.63, 3.8) is 0 Å². The molecule has 1 N–H and O–H groups in total. The van der Waals surface area contributed by atoms with Gasteiger partial charge in [0.2, 0.25) is 0 Å². The van der Waals surface area contributed by atoms with E-state index < -0.39 is 0 Å². The fourth-order valence-corrected chi connectivity index (χ4v) is 3.22. The van der Waals surface area contributed by atoms with Crippen molar-refractivity contribution >= 4 is 10.9 Å². The molecule has 3 rings (SSSR count). The molecule has 1 aromatic heterocycles. The number of likely N-dealkylation sites (tertiary alicyclic amines) is 1. The summed E-state index contributed by atoms with van der Waals surface area (Å²) in [5.41, 5.74) is 2.43. The molecular formula is C18H25N3. The van der Waals surface area contributed by atoms with Gasteiger partial charge in [-0.2, -0.15) is 0 Å². The predicted molar refractivity (Wildman–Crippen MR) is 88.3 cm³/mol. The van der Waals surface area contributed by atoms with Gasteiger partial charge >= 0.3 is 0 Å². The molecule has 0 radical (unpaired) electrons. The summed E-state index contributed by atoms with van der Waals surface area (Å²) in [5, 5.41) is 4.91. The van der Waals surface area contributed by atoms with Crippen molar-refractivity contribution in [2.75, 3.05) is 19.6 Å². The molecule has 0 spiro atoms. The molecule has 2 heterocycles. The molecule has 1 aliphatic heterocycles. The lowest BCUT2D eigenvalue weighted by Gasteiger charge is -2.20. The van der Waals surface area contributed by atoms with Gasteiger partial charge in [0.25, 0.3) is 0 Å². The summed E-state index contributed by atoms with van der Waals surface area (Å²) in [6.07, 6.45) is 3.23. The Bertz CT molecular complexity index is 589. The Morgan fingerprint density at radius 3 is 2.95 bits per heavy atom. The average molecular weight is 283 g/mol. The van der Waals surface area contributed by atoms with Gasteiger partial charge < -0.3 is 10.2 Å². The fourth-order valence-electron chi connectivity index (χ4n) is 3.22. The van der Waals surface area contributed by atoms with Gasteiger partial charge in [-0.3, -0.25) is 4.98 Å². The van der Waals surface area contributed by atoms with E-state index in [1.54, 1.807) is 0 Å². The fraction of sp³-hybridized carbons (Fsp3) is 0.500. The van der Waals surface area contributed by atoms with Gasteiger partial charge in [-0.05, 0) is 57.0 Å². The summed E-state index contributed by atoms with van der Waals surface area (Å²) in [6.45, 7) is 9.11. The molecule has 3 nitrogen and oxygen atoms in total. The zero-order valence-corrected chi connectivity index (χ0v) is 13.0. The van der Waals surface area contributed by atoms with E-state index in [9.17, 15) is 0 Å². The highest BCUT2D eigenvalue weighted by molar-refractivity contribution is 5.81. The van der Waals surface area contributed by atoms with Crippen LogP contribution in [0.4, 0.5) is 0 Å². The first-order chi connectivity index (χ1) is 10.2. The Morgan fingerprint density at radius 1 is 1.29 bits per heavy atom. The molecule has 0 amide bonds. The van der Waals surface area contributed by atoms with Gasteiger partial charge in [-0.1, -0.05) is 18.2 Å². The van der Waals surface area contributed by atoms with Crippen LogP contribution in [0.15, 0.2) is 36.5 Å². The minimum atomic E-state index is 0.680. The molecule has 1 aromatic carbocycles. The van der Waals surface area contributed by atoms with Gasteiger partial charge in [0.1, 0.15) is 0 Å². The number of rotatable bonds is 5. The van der Waals surface area contributed by atoms with Crippen LogP contribution < -0.4 is 5.32 Å². The van der Waals surface area contributed by atoms with Crippen LogP contribution in [-0.2, 0) is 6.54 Å². The Labute approximate surface area is 127 Å². The number of nitrogens with zero attached hydrogens (tertiary/aromatic N) is 2. The van der Waals surface area contributed by atoms with Crippen molar-refractivity contribution in [3.05, 3.63) is 42.1 Å². The first kappa shape index (κ1) is 14.5. The van der Waals surface area contributed by atoms with Crippen molar-refractivity contribution < 1.29 is 0 Å². The largest absolute Gasteiger partial charge is 0.312 e. The van der Waals surface area contributed by atoms with Gasteiger partial charge in [0, 0.05) is 30.7 Å². The number of fused-ring (bicyclic) bond motifs is 1. The maximum Gasteiger partial charge on any atom is 0.0705 e. The van der Waals surface area contributed by atoms with Crippen LogP contribution in [0.1, 0.15) is 25.8 Å². The molecule has 3 heteroatoms. The highest BCUT2D eigenvalue weighted by Crippen LogP contribution is 2.19. The van der Waals surface area contributed by atoms with Crippen molar-refractivity contribution in [1.29, 1.82) is 0 Å². The van der Waals surface area contributed by atoms with Crippen LogP contribution in [0, 0.1) is 5.92 Å². The van der Waals surface area contributed by atoms with Crippen molar-refractivity contribution in [2.24, 2.45) is 5.92 Å². The number of pyridine rings is 1. The van der Waals surface area contributed by atoms with Gasteiger partial charge in [-0.25, -0.2) is 0 Å². The third-order valence-electron chi connectivity index (χ3n) is 4.54. The Kier molecular flexibility index (Phi) is 4.51. The molecular weight excluding hydrogens is 258 g/mol. The predicted octanol–water partition coefficient (Wildman–Crippen LogP) is 3.05. The topological polar surface area (TPSA) is 28.2 Å². The second-order valence-corrected chi connectivity index (χ2v) is 6.36. The molecule has 1 atom stereocenters. The smallest absolute Gasteiger partial charge is 0.0705 e. The lowest BCUT2D eigenvalue weighted by Crippen LogP contribution is -2.30. The molecule has 0 bridgehead atoms. The molecule has 1 saturated heterocycles. The van der Waals surface area contributed by atoms with E-state index in [-0.39, 0.29) is 0 Å². The monoisotopic (exact) mass is 283 g/mol. The molecule has 1 unspecified atom stereocenters. The molecule has 1 aliphatic rings. The van der Waals surface area contributed by atoms with E-state index in [0.29, 0.717) is 6.04 Å². The lowest BCUT2D eigenvalue weighted by molar-refractivity contribution is 0.264. The van der Waals surface area contributed by atoms with Crippen LogP contribution in [0.2, 0.25) is 0 Å². The van der Waals surface area contributed by atoms with Gasteiger partial charge in [0.05, 0.1) is 5.52 Å². The number of hydrogen-bond acceptors (Lipinski definition) is 3. The zero-order chi connectivity index (χ0) is 14.7. The van der Waals surface area contributed by atoms with Crippen molar-refractivity contribution in [3.8, 4) is 0 Å². The second-order valence-electron chi connectivity index (χ2n) is 6.36. The quantitative estimate of drug-likeness (QED) is 0.914. The average Bonchev–Trinajstić information content (AvgIpc) is 2.97. The molecule has 2 aromatic rings. The number of nitrogens with one attached hydrogen (secondary N) is 1. The van der Waals surface area contributed by atoms with Crippen molar-refractivity contribution in [2.45, 2.75) is 32.9 Å². The SMILES string of the molecule is CC(C)N1CCC(CNCc2ccnc3ccccc23)C1. The van der Waals surface area contributed by atoms with Crippen LogP contribution in [0.3, 0.4) is 0 Å². The third kappa shape index (κ3) is 3.42. The standard InChI is InChI=1S/C18H25N3/c1-14(2)21-10-8-15(13-21)11-19-12-16-7-9-20-18-6-4-3-5-17(16)18/h3-7,9,14-15,19H,8,10-13H2,1-2H3. The summed E-state index contributed by atoms with van der Waals surface area (Å²) >= 11 is 0. The van der Waals surface area contributed by atoms with E-state index in [0.717, 1.165) is 24.5 Å². The van der Waals surface area contributed by atoms with E-state index in [2.05, 4.69) is 53.3 Å². The second kappa shape index (κ2) is 6.54. The molecule has 112 valence electrons. The Hall–Kier alpha value is -1.45. The summed E-state index contributed by atoms with van der Waals surface area (Å²) in [7, 11) is 0. The minimum Gasteiger partial charge on any atom is -0.312 e. The van der Waals surface area contributed by atoms with Crippen molar-refractivity contribution in [1.82, 2.24) is 15.2 Å². The highest BCUT2D eigenvalue weighted by atomic mass is 15.2. The van der Waals surface area contributed by atoms with Crippen LogP contribution in [0.25, 0.3) is 10.9 Å². The number of benzene rings is 1. The molecule has 0 aliphatic carbocycles. The van der Waals surface area contributed by atoms with Crippen LogP contribution >= 0.6 is 0 Å². The van der Waals surface area contributed by atoms with E-state index in [1.807, 2.05) is 12.3 Å². The van der Waals surface area contributed by atoms with E-state index in [1.165, 1.54) is 30.5 Å². The zero-order valence-electron chi connectivity index (χ0n) is 13.0. The summed E-state index contributed by atoms with van der Waals surface area (Å²) < 4.78 is 0. The Morgan fingerprint density at radius 2 is 2.14 bits per heavy atom. The third-order valence-corrected chi connectivity index (χ3v) is 4.54. The van der Waals surface area contributed by atoms with Crippen LogP contribution in [-0.4, -0.2) is 35.6 Å². The maximum absolute atomic E-state index is 4.42. The van der Waals surface area contributed by atoms with Gasteiger partial charge in [-0.15, -0.1) is 0 Å². The summed E-state index contributed by atoms with van der Waals surface area (Å²) in [4.78, 5) is 7.00. The maximum atomic E-state index is 4.42. The lowest BCUT2D eigenvalue weighted by atomic mass is 10.1.